The third-order valence-corrected chi connectivity index (χ3v) is 3.38. The molecule has 0 spiro atoms. The Kier molecular flexibility index (Phi) is 3.42. The van der Waals surface area contributed by atoms with Gasteiger partial charge in [-0.05, 0) is 36.4 Å². The first kappa shape index (κ1) is 13.1. The van der Waals surface area contributed by atoms with Gasteiger partial charge in [0.2, 0.25) is 6.79 Å². The van der Waals surface area contributed by atoms with Gasteiger partial charge in [0.25, 0.3) is 5.91 Å². The zero-order chi connectivity index (χ0) is 14.1. The van der Waals surface area contributed by atoms with Crippen LogP contribution in [0.5, 0.6) is 11.5 Å². The minimum Gasteiger partial charge on any atom is -0.454 e. The van der Waals surface area contributed by atoms with Crippen LogP contribution < -0.4 is 14.8 Å². The van der Waals surface area contributed by atoms with E-state index in [1.54, 1.807) is 36.4 Å². The minimum absolute atomic E-state index is 0.167. The van der Waals surface area contributed by atoms with E-state index in [2.05, 4.69) is 5.32 Å². The van der Waals surface area contributed by atoms with Crippen LogP contribution in [-0.4, -0.2) is 12.7 Å². The smallest absolute Gasteiger partial charge is 0.255 e. The summed E-state index contributed by atoms with van der Waals surface area (Å²) in [6.07, 6.45) is 0. The molecule has 0 atom stereocenters. The number of nitrogens with one attached hydrogen (secondary N) is 1. The Morgan fingerprint density at radius 2 is 1.85 bits per heavy atom. The lowest BCUT2D eigenvalue weighted by atomic mass is 10.2. The minimum atomic E-state index is -0.299. The molecule has 20 heavy (non-hydrogen) atoms. The first-order chi connectivity index (χ1) is 9.63. The zero-order valence-corrected chi connectivity index (χ0v) is 11.7. The largest absolute Gasteiger partial charge is 0.454 e. The summed E-state index contributed by atoms with van der Waals surface area (Å²) < 4.78 is 10.4. The van der Waals surface area contributed by atoms with E-state index in [9.17, 15) is 4.79 Å². The van der Waals surface area contributed by atoms with Crippen molar-refractivity contribution < 1.29 is 14.3 Å². The first-order valence-corrected chi connectivity index (χ1v) is 6.55. The molecule has 0 aromatic heterocycles. The van der Waals surface area contributed by atoms with Crippen LogP contribution in [-0.2, 0) is 0 Å². The lowest BCUT2D eigenvalue weighted by Gasteiger charge is -2.08. The molecule has 2 aromatic carbocycles. The van der Waals surface area contributed by atoms with Crippen LogP contribution in [0, 0.1) is 0 Å². The van der Waals surface area contributed by atoms with Crippen molar-refractivity contribution in [2.24, 2.45) is 0 Å². The first-order valence-electron chi connectivity index (χ1n) is 5.79. The SMILES string of the molecule is O=C(Nc1cc(Cl)ccc1Cl)c1ccc2c(c1)OCO2. The number of carbonyl (C=O) groups is 1. The molecule has 1 heterocycles. The highest BCUT2D eigenvalue weighted by Crippen LogP contribution is 2.33. The molecule has 0 saturated carbocycles. The molecule has 1 aliphatic heterocycles. The van der Waals surface area contributed by atoms with Gasteiger partial charge in [-0.2, -0.15) is 0 Å². The summed E-state index contributed by atoms with van der Waals surface area (Å²) in [5.41, 5.74) is 0.909. The Bertz CT molecular complexity index is 688. The average Bonchev–Trinajstić information content (AvgIpc) is 2.90. The number of fused-ring (bicyclic) bond motifs is 1. The highest BCUT2D eigenvalue weighted by atomic mass is 35.5. The summed E-state index contributed by atoms with van der Waals surface area (Å²) in [6, 6.07) is 9.84. The third-order valence-electron chi connectivity index (χ3n) is 2.81. The molecule has 0 aliphatic carbocycles. The highest BCUT2D eigenvalue weighted by molar-refractivity contribution is 6.35. The Hall–Kier alpha value is -1.91. The normalized spacial score (nSPS) is 12.3. The molecule has 0 fully saturated rings. The summed E-state index contributed by atoms with van der Waals surface area (Å²) in [5, 5.41) is 3.62. The predicted molar refractivity (Wildman–Crippen MR) is 77.0 cm³/mol. The zero-order valence-electron chi connectivity index (χ0n) is 10.2. The second-order valence-corrected chi connectivity index (χ2v) is 4.99. The monoisotopic (exact) mass is 309 g/mol. The number of anilines is 1. The molecule has 4 nitrogen and oxygen atoms in total. The fourth-order valence-corrected chi connectivity index (χ4v) is 2.16. The van der Waals surface area contributed by atoms with Crippen molar-refractivity contribution in [1.82, 2.24) is 0 Å². The molecule has 0 saturated heterocycles. The van der Waals surface area contributed by atoms with Gasteiger partial charge in [-0.1, -0.05) is 23.2 Å². The number of rotatable bonds is 2. The molecule has 0 bridgehead atoms. The van der Waals surface area contributed by atoms with Crippen molar-refractivity contribution in [3.8, 4) is 11.5 Å². The van der Waals surface area contributed by atoms with Gasteiger partial charge < -0.3 is 14.8 Å². The van der Waals surface area contributed by atoms with E-state index in [1.807, 2.05) is 0 Å². The maximum Gasteiger partial charge on any atom is 0.255 e. The van der Waals surface area contributed by atoms with Crippen molar-refractivity contribution in [3.05, 3.63) is 52.0 Å². The lowest BCUT2D eigenvalue weighted by Crippen LogP contribution is -2.12. The molecule has 1 N–H and O–H groups in total. The van der Waals surface area contributed by atoms with Crippen molar-refractivity contribution in [2.45, 2.75) is 0 Å². The number of carbonyl (C=O) groups excluding carboxylic acids is 1. The van der Waals surface area contributed by atoms with Gasteiger partial charge in [-0.3, -0.25) is 4.79 Å². The number of benzene rings is 2. The van der Waals surface area contributed by atoms with E-state index in [0.29, 0.717) is 32.8 Å². The topological polar surface area (TPSA) is 47.6 Å². The van der Waals surface area contributed by atoms with Crippen LogP contribution in [0.3, 0.4) is 0 Å². The lowest BCUT2D eigenvalue weighted by molar-refractivity contribution is 0.102. The molecular weight excluding hydrogens is 301 g/mol. The van der Waals surface area contributed by atoms with Gasteiger partial charge in [0.05, 0.1) is 10.7 Å². The number of amides is 1. The van der Waals surface area contributed by atoms with Crippen molar-refractivity contribution >= 4 is 34.8 Å². The van der Waals surface area contributed by atoms with E-state index in [1.165, 1.54) is 0 Å². The Morgan fingerprint density at radius 3 is 2.70 bits per heavy atom. The standard InChI is InChI=1S/C14H9Cl2NO3/c15-9-2-3-10(16)11(6-9)17-14(18)8-1-4-12-13(5-8)20-7-19-12/h1-6H,7H2,(H,17,18). The molecule has 6 heteroatoms. The third kappa shape index (κ3) is 2.53. The van der Waals surface area contributed by atoms with E-state index in [-0.39, 0.29) is 12.7 Å². The van der Waals surface area contributed by atoms with Gasteiger partial charge in [-0.25, -0.2) is 0 Å². The van der Waals surface area contributed by atoms with Gasteiger partial charge in [0.15, 0.2) is 11.5 Å². The Labute approximate surface area is 125 Å². The molecular formula is C14H9Cl2NO3. The van der Waals surface area contributed by atoms with Crippen LogP contribution in [0.15, 0.2) is 36.4 Å². The maximum atomic E-state index is 12.2. The number of hydrogen-bond acceptors (Lipinski definition) is 3. The van der Waals surface area contributed by atoms with E-state index >= 15 is 0 Å². The predicted octanol–water partition coefficient (Wildman–Crippen LogP) is 3.97. The summed E-state index contributed by atoms with van der Waals surface area (Å²) in [5.74, 6) is 0.879. The van der Waals surface area contributed by atoms with E-state index in [4.69, 9.17) is 32.7 Å². The number of halogens is 2. The molecule has 0 unspecified atom stereocenters. The molecule has 1 amide bonds. The Balaban J connectivity index is 1.84. The van der Waals surface area contributed by atoms with Crippen LogP contribution in [0.2, 0.25) is 10.0 Å². The maximum absolute atomic E-state index is 12.2. The number of ether oxygens (including phenoxy) is 2. The van der Waals surface area contributed by atoms with Crippen LogP contribution in [0.25, 0.3) is 0 Å². The molecule has 1 aliphatic rings. The molecule has 102 valence electrons. The molecule has 2 aromatic rings. The van der Waals surface area contributed by atoms with Crippen molar-refractivity contribution in [1.29, 1.82) is 0 Å². The van der Waals surface area contributed by atoms with Gasteiger partial charge in [0, 0.05) is 10.6 Å². The molecule has 0 radical (unpaired) electrons. The summed E-state index contributed by atoms with van der Waals surface area (Å²) >= 11 is 11.9. The number of hydrogen-bond donors (Lipinski definition) is 1. The van der Waals surface area contributed by atoms with Gasteiger partial charge in [-0.15, -0.1) is 0 Å². The average molecular weight is 310 g/mol. The summed E-state index contributed by atoms with van der Waals surface area (Å²) in [7, 11) is 0. The van der Waals surface area contributed by atoms with E-state index < -0.39 is 0 Å². The highest BCUT2D eigenvalue weighted by Gasteiger charge is 2.16. The van der Waals surface area contributed by atoms with Crippen molar-refractivity contribution in [2.75, 3.05) is 12.1 Å². The van der Waals surface area contributed by atoms with Gasteiger partial charge in [0.1, 0.15) is 0 Å². The summed E-state index contributed by atoms with van der Waals surface area (Å²) in [4.78, 5) is 12.2. The quantitative estimate of drug-likeness (QED) is 0.913. The summed E-state index contributed by atoms with van der Waals surface area (Å²) in [6.45, 7) is 0.167. The van der Waals surface area contributed by atoms with Crippen LogP contribution in [0.4, 0.5) is 5.69 Å². The Morgan fingerprint density at radius 1 is 1.05 bits per heavy atom. The second-order valence-electron chi connectivity index (χ2n) is 4.15. The van der Waals surface area contributed by atoms with Crippen LogP contribution >= 0.6 is 23.2 Å². The molecule has 3 rings (SSSR count). The second kappa shape index (κ2) is 5.23. The van der Waals surface area contributed by atoms with Gasteiger partial charge >= 0.3 is 0 Å². The fraction of sp³-hybridized carbons (Fsp3) is 0.0714. The van der Waals surface area contributed by atoms with E-state index in [0.717, 1.165) is 0 Å². The van der Waals surface area contributed by atoms with Crippen molar-refractivity contribution in [3.63, 3.8) is 0 Å². The van der Waals surface area contributed by atoms with Crippen LogP contribution in [0.1, 0.15) is 10.4 Å². The fourth-order valence-electron chi connectivity index (χ4n) is 1.83.